The maximum absolute atomic E-state index is 14.4. The number of fused-ring (bicyclic) bond motifs is 1. The van der Waals surface area contributed by atoms with Crippen LogP contribution >= 0.6 is 0 Å². The lowest BCUT2D eigenvalue weighted by Gasteiger charge is -2.36. The number of rotatable bonds is 8. The Bertz CT molecular complexity index is 1690. The number of hydrogen-bond acceptors (Lipinski definition) is 5. The minimum atomic E-state index is -4.09. The molecule has 0 bridgehead atoms. The lowest BCUT2D eigenvalue weighted by Crippen LogP contribution is -2.50. The molecule has 0 fully saturated rings. The zero-order valence-electron chi connectivity index (χ0n) is 24.8. The predicted octanol–water partition coefficient (Wildman–Crippen LogP) is 5.01. The fourth-order valence-electron chi connectivity index (χ4n) is 5.48. The Balaban J connectivity index is 1.78. The lowest BCUT2D eigenvalue weighted by atomic mass is 9.95. The molecule has 0 saturated heterocycles. The number of nitrogens with zero attached hydrogens (tertiary/aromatic N) is 2. The number of amides is 1. The van der Waals surface area contributed by atoms with Gasteiger partial charge in [0.2, 0.25) is 26.0 Å². The molecule has 0 aliphatic carbocycles. The first-order valence-corrected chi connectivity index (χ1v) is 16.7. The molecule has 1 atom stereocenters. The molecule has 1 aliphatic rings. The third kappa shape index (κ3) is 5.70. The van der Waals surface area contributed by atoms with Crippen molar-refractivity contribution in [3.8, 4) is 0 Å². The average Bonchev–Trinajstić information content (AvgIpc) is 2.92. The molecule has 1 heterocycles. The van der Waals surface area contributed by atoms with E-state index in [-0.39, 0.29) is 22.8 Å². The van der Waals surface area contributed by atoms with Gasteiger partial charge in [0, 0.05) is 25.3 Å². The van der Waals surface area contributed by atoms with Crippen LogP contribution in [0.25, 0.3) is 0 Å². The standard InChI is InChI=1S/C31H39N3O5S2/c1-8-33(9-2)40(36,37)27-15-14-20(3)28(18-27)32-31(35)29-17-25-12-10-11-13-26(25)19-34(29)41(38,39)30-23(6)21(4)16-22(5)24(30)7/h10-16,18,29H,8-9,17,19H2,1-7H3,(H,32,35)/t29-/m1/s1. The van der Waals surface area contributed by atoms with Crippen molar-refractivity contribution in [3.63, 3.8) is 0 Å². The van der Waals surface area contributed by atoms with Gasteiger partial charge in [0.1, 0.15) is 6.04 Å². The van der Waals surface area contributed by atoms with Crippen LogP contribution in [0.3, 0.4) is 0 Å². The molecule has 0 saturated carbocycles. The number of aryl methyl sites for hydroxylation is 3. The highest BCUT2D eigenvalue weighted by molar-refractivity contribution is 7.89. The summed E-state index contributed by atoms with van der Waals surface area (Å²) in [6.07, 6.45) is 0.195. The molecule has 0 unspecified atom stereocenters. The van der Waals surface area contributed by atoms with Crippen molar-refractivity contribution in [3.05, 3.63) is 87.5 Å². The molecule has 4 rings (SSSR count). The largest absolute Gasteiger partial charge is 0.324 e. The van der Waals surface area contributed by atoms with Gasteiger partial charge < -0.3 is 5.32 Å². The number of carbonyl (C=O) groups excluding carboxylic acids is 1. The summed E-state index contributed by atoms with van der Waals surface area (Å²) in [6, 6.07) is 13.1. The molecule has 0 aromatic heterocycles. The molecule has 41 heavy (non-hydrogen) atoms. The van der Waals surface area contributed by atoms with Crippen LogP contribution < -0.4 is 5.32 Å². The third-order valence-corrected chi connectivity index (χ3v) is 12.4. The van der Waals surface area contributed by atoms with E-state index in [1.54, 1.807) is 40.7 Å². The van der Waals surface area contributed by atoms with Crippen molar-refractivity contribution in [1.29, 1.82) is 0 Å². The molecule has 1 amide bonds. The van der Waals surface area contributed by atoms with Crippen LogP contribution in [0, 0.1) is 34.6 Å². The molecule has 0 spiro atoms. The van der Waals surface area contributed by atoms with Crippen LogP contribution in [-0.2, 0) is 37.8 Å². The topological polar surface area (TPSA) is 104 Å². The Morgan fingerprint density at radius 2 is 1.44 bits per heavy atom. The Kier molecular flexibility index (Phi) is 8.80. The molecule has 0 radical (unpaired) electrons. The lowest BCUT2D eigenvalue weighted by molar-refractivity contribution is -0.120. The quantitative estimate of drug-likeness (QED) is 0.393. The first kappa shape index (κ1) is 30.9. The maximum atomic E-state index is 14.4. The van der Waals surface area contributed by atoms with Crippen molar-refractivity contribution in [2.75, 3.05) is 18.4 Å². The zero-order chi connectivity index (χ0) is 30.3. The van der Waals surface area contributed by atoms with E-state index in [0.29, 0.717) is 35.5 Å². The minimum Gasteiger partial charge on any atom is -0.324 e. The molecule has 10 heteroatoms. The second-order valence-electron chi connectivity index (χ2n) is 10.7. The van der Waals surface area contributed by atoms with Crippen LogP contribution in [0.1, 0.15) is 52.8 Å². The van der Waals surface area contributed by atoms with Crippen LogP contribution in [-0.4, -0.2) is 50.5 Å². The highest BCUT2D eigenvalue weighted by atomic mass is 32.2. The molecule has 3 aromatic carbocycles. The second-order valence-corrected chi connectivity index (χ2v) is 14.4. The number of benzene rings is 3. The predicted molar refractivity (Wildman–Crippen MR) is 162 cm³/mol. The molecular weight excluding hydrogens is 558 g/mol. The van der Waals surface area contributed by atoms with Crippen LogP contribution in [0.15, 0.2) is 58.3 Å². The van der Waals surface area contributed by atoms with Crippen molar-refractivity contribution in [2.24, 2.45) is 0 Å². The molecular formula is C31H39N3O5S2. The van der Waals surface area contributed by atoms with Gasteiger partial charge in [-0.25, -0.2) is 16.8 Å². The summed E-state index contributed by atoms with van der Waals surface area (Å²) >= 11 is 0. The van der Waals surface area contributed by atoms with Crippen LogP contribution in [0.2, 0.25) is 0 Å². The maximum Gasteiger partial charge on any atom is 0.244 e. The van der Waals surface area contributed by atoms with Crippen molar-refractivity contribution in [1.82, 2.24) is 8.61 Å². The molecule has 1 N–H and O–H groups in total. The van der Waals surface area contributed by atoms with Gasteiger partial charge in [0.05, 0.1) is 9.79 Å². The van der Waals surface area contributed by atoms with E-state index >= 15 is 0 Å². The number of hydrogen-bond donors (Lipinski definition) is 1. The normalized spacial score (nSPS) is 16.0. The molecule has 3 aromatic rings. The van der Waals surface area contributed by atoms with E-state index in [1.165, 1.54) is 20.7 Å². The molecule has 1 aliphatic heterocycles. The first-order valence-electron chi connectivity index (χ1n) is 13.8. The van der Waals surface area contributed by atoms with Gasteiger partial charge in [-0.3, -0.25) is 4.79 Å². The van der Waals surface area contributed by atoms with Gasteiger partial charge in [-0.1, -0.05) is 50.2 Å². The summed E-state index contributed by atoms with van der Waals surface area (Å²) in [5.41, 5.74) is 5.82. The number of nitrogens with one attached hydrogen (secondary N) is 1. The second kappa shape index (κ2) is 11.7. The van der Waals surface area contributed by atoms with E-state index in [0.717, 1.165) is 22.3 Å². The summed E-state index contributed by atoms with van der Waals surface area (Å²) in [7, 11) is -7.84. The van der Waals surface area contributed by atoms with Crippen molar-refractivity contribution < 1.29 is 21.6 Å². The van der Waals surface area contributed by atoms with Crippen molar-refractivity contribution >= 4 is 31.6 Å². The average molecular weight is 598 g/mol. The Hall–Kier alpha value is -3.05. The number of sulfonamides is 2. The smallest absolute Gasteiger partial charge is 0.244 e. The van der Waals surface area contributed by atoms with Crippen LogP contribution in [0.4, 0.5) is 5.69 Å². The monoisotopic (exact) mass is 597 g/mol. The van der Waals surface area contributed by atoms with Gasteiger partial charge >= 0.3 is 0 Å². The van der Waals surface area contributed by atoms with E-state index < -0.39 is 32.0 Å². The van der Waals surface area contributed by atoms with Gasteiger partial charge in [-0.2, -0.15) is 8.61 Å². The van der Waals surface area contributed by atoms with E-state index in [9.17, 15) is 21.6 Å². The fraction of sp³-hybridized carbons (Fsp3) is 0.387. The van der Waals surface area contributed by atoms with Gasteiger partial charge in [-0.05, 0) is 92.1 Å². The highest BCUT2D eigenvalue weighted by Gasteiger charge is 2.41. The molecule has 220 valence electrons. The van der Waals surface area contributed by atoms with Gasteiger partial charge in [-0.15, -0.1) is 0 Å². The van der Waals surface area contributed by atoms with E-state index in [1.807, 2.05) is 44.2 Å². The summed E-state index contributed by atoms with van der Waals surface area (Å²) in [6.45, 7) is 13.4. The SMILES string of the molecule is CCN(CC)S(=O)(=O)c1ccc(C)c(NC(=O)[C@H]2Cc3ccccc3CN2S(=O)(=O)c2c(C)c(C)cc(C)c2C)c1. The Labute approximate surface area is 244 Å². The number of anilines is 1. The van der Waals surface area contributed by atoms with Crippen molar-refractivity contribution in [2.45, 2.75) is 77.3 Å². The third-order valence-electron chi connectivity index (χ3n) is 8.18. The first-order chi connectivity index (χ1) is 19.2. The molecule has 8 nitrogen and oxygen atoms in total. The van der Waals surface area contributed by atoms with E-state index in [2.05, 4.69) is 5.32 Å². The summed E-state index contributed by atoms with van der Waals surface area (Å²) < 4.78 is 57.7. The number of carbonyl (C=O) groups is 1. The van der Waals surface area contributed by atoms with Crippen LogP contribution in [0.5, 0.6) is 0 Å². The highest BCUT2D eigenvalue weighted by Crippen LogP contribution is 2.35. The minimum absolute atomic E-state index is 0.0534. The summed E-state index contributed by atoms with van der Waals surface area (Å²) in [5.74, 6) is -0.511. The van der Waals surface area contributed by atoms with Gasteiger partial charge in [0.15, 0.2) is 0 Å². The Morgan fingerprint density at radius 1 is 0.854 bits per heavy atom. The summed E-state index contributed by atoms with van der Waals surface area (Å²) in [4.78, 5) is 14.3. The van der Waals surface area contributed by atoms with E-state index in [4.69, 9.17) is 0 Å². The summed E-state index contributed by atoms with van der Waals surface area (Å²) in [5, 5.41) is 2.88. The van der Waals surface area contributed by atoms with Gasteiger partial charge in [0.25, 0.3) is 0 Å². The Morgan fingerprint density at radius 3 is 2.02 bits per heavy atom. The fourth-order valence-corrected chi connectivity index (χ4v) is 9.11. The zero-order valence-corrected chi connectivity index (χ0v) is 26.4.